The van der Waals surface area contributed by atoms with Crippen LogP contribution in [-0.4, -0.2) is 10.9 Å². The molecule has 1 aromatic carbocycles. The van der Waals surface area contributed by atoms with Crippen LogP contribution in [-0.2, 0) is 6.54 Å². The number of carbonyl (C=O) groups is 1. The highest BCUT2D eigenvalue weighted by molar-refractivity contribution is 5.93. The van der Waals surface area contributed by atoms with E-state index in [-0.39, 0.29) is 24.1 Å². The van der Waals surface area contributed by atoms with Crippen LogP contribution in [0.25, 0.3) is 0 Å². The maximum atomic E-state index is 13.1. The maximum absolute atomic E-state index is 13.1. The van der Waals surface area contributed by atoms with Crippen LogP contribution < -0.4 is 5.32 Å². The van der Waals surface area contributed by atoms with Crippen molar-refractivity contribution in [2.45, 2.75) is 13.5 Å². The first-order chi connectivity index (χ1) is 8.66. The van der Waals surface area contributed by atoms with Crippen molar-refractivity contribution in [1.82, 2.24) is 10.3 Å². The molecular weight excluding hydrogens is 267 g/mol. The van der Waals surface area contributed by atoms with E-state index in [1.807, 2.05) is 0 Å². The predicted octanol–water partition coefficient (Wildman–Crippen LogP) is 2.88. The number of benzene rings is 1. The van der Waals surface area contributed by atoms with Gasteiger partial charge >= 0.3 is 0 Å². The maximum Gasteiger partial charge on any atom is 0.251 e. The van der Waals surface area contributed by atoms with E-state index in [2.05, 4.69) is 10.3 Å². The molecule has 1 heterocycles. The number of nitrogens with one attached hydrogen (secondary N) is 1. The van der Waals surface area contributed by atoms with Gasteiger partial charge in [-0.2, -0.15) is 0 Å². The van der Waals surface area contributed by atoms with Gasteiger partial charge in [0, 0.05) is 24.5 Å². The average Bonchev–Trinajstić information content (AvgIpc) is 2.41. The highest BCUT2D eigenvalue weighted by Gasteiger charge is 2.05. The van der Waals surface area contributed by atoms with Gasteiger partial charge in [0.05, 0.1) is 0 Å². The summed E-state index contributed by atoms with van der Waals surface area (Å²) in [4.78, 5) is 15.6. The second-order valence-corrected chi connectivity index (χ2v) is 4.00. The summed E-state index contributed by atoms with van der Waals surface area (Å²) in [6, 6.07) is 8.08. The normalized spacial score (nSPS) is 9.58. The molecule has 0 unspecified atom stereocenters. The fourth-order valence-corrected chi connectivity index (χ4v) is 1.60. The number of aromatic nitrogens is 1. The molecule has 1 amide bonds. The van der Waals surface area contributed by atoms with Crippen molar-refractivity contribution >= 4 is 18.3 Å². The summed E-state index contributed by atoms with van der Waals surface area (Å²) >= 11 is 0. The number of pyridine rings is 1. The zero-order valence-corrected chi connectivity index (χ0v) is 11.2. The molecule has 0 radical (unpaired) electrons. The highest BCUT2D eigenvalue weighted by atomic mass is 35.5. The molecule has 0 spiro atoms. The Bertz CT molecular complexity index is 561. The Morgan fingerprint density at radius 3 is 2.58 bits per heavy atom. The molecule has 0 fully saturated rings. The summed E-state index contributed by atoms with van der Waals surface area (Å²) in [7, 11) is 0. The molecule has 1 aromatic heterocycles. The Hall–Kier alpha value is -1.94. The number of nitrogens with zero attached hydrogens (tertiary/aromatic N) is 1. The SMILES string of the molecule is Cc1cc(CNC(=O)c2ccncc2)ccc1F.Cl. The lowest BCUT2D eigenvalue weighted by Crippen LogP contribution is -2.22. The van der Waals surface area contributed by atoms with Crippen LogP contribution in [0.4, 0.5) is 4.39 Å². The summed E-state index contributed by atoms with van der Waals surface area (Å²) in [5, 5.41) is 2.77. The molecular formula is C14H14ClFN2O. The highest BCUT2D eigenvalue weighted by Crippen LogP contribution is 2.09. The van der Waals surface area contributed by atoms with Gasteiger partial charge in [0.1, 0.15) is 5.82 Å². The van der Waals surface area contributed by atoms with Crippen LogP contribution in [0.3, 0.4) is 0 Å². The number of carbonyl (C=O) groups excluding carboxylic acids is 1. The number of aryl methyl sites for hydroxylation is 1. The van der Waals surface area contributed by atoms with Crippen LogP contribution in [0, 0.1) is 12.7 Å². The Kier molecular flexibility index (Phi) is 5.45. The first-order valence-electron chi connectivity index (χ1n) is 5.60. The van der Waals surface area contributed by atoms with E-state index in [4.69, 9.17) is 0 Å². The molecule has 0 atom stereocenters. The molecule has 0 aliphatic carbocycles. The van der Waals surface area contributed by atoms with Crippen molar-refractivity contribution in [1.29, 1.82) is 0 Å². The van der Waals surface area contributed by atoms with Crippen molar-refractivity contribution in [3.63, 3.8) is 0 Å². The average molecular weight is 281 g/mol. The van der Waals surface area contributed by atoms with Crippen LogP contribution in [0.2, 0.25) is 0 Å². The summed E-state index contributed by atoms with van der Waals surface area (Å²) < 4.78 is 13.1. The summed E-state index contributed by atoms with van der Waals surface area (Å²) in [5.41, 5.74) is 2.01. The molecule has 2 aromatic rings. The van der Waals surface area contributed by atoms with E-state index < -0.39 is 0 Å². The van der Waals surface area contributed by atoms with Crippen molar-refractivity contribution in [3.8, 4) is 0 Å². The van der Waals surface area contributed by atoms with Crippen molar-refractivity contribution in [2.24, 2.45) is 0 Å². The molecule has 0 aliphatic rings. The third-order valence-corrected chi connectivity index (χ3v) is 2.62. The smallest absolute Gasteiger partial charge is 0.251 e. The summed E-state index contributed by atoms with van der Waals surface area (Å²) in [5.74, 6) is -0.404. The minimum atomic E-state index is -0.237. The third kappa shape index (κ3) is 4.03. The van der Waals surface area contributed by atoms with Crippen LogP contribution >= 0.6 is 12.4 Å². The third-order valence-electron chi connectivity index (χ3n) is 2.62. The zero-order valence-electron chi connectivity index (χ0n) is 10.4. The monoisotopic (exact) mass is 280 g/mol. The number of rotatable bonds is 3. The van der Waals surface area contributed by atoms with E-state index in [0.717, 1.165) is 5.56 Å². The molecule has 5 heteroatoms. The predicted molar refractivity (Wildman–Crippen MR) is 73.8 cm³/mol. The van der Waals surface area contributed by atoms with E-state index in [9.17, 15) is 9.18 Å². The van der Waals surface area contributed by atoms with Gasteiger partial charge in [-0.3, -0.25) is 9.78 Å². The molecule has 0 aliphatic heterocycles. The lowest BCUT2D eigenvalue weighted by atomic mass is 10.1. The van der Waals surface area contributed by atoms with Crippen LogP contribution in [0.5, 0.6) is 0 Å². The number of halogens is 2. The van der Waals surface area contributed by atoms with E-state index in [1.54, 1.807) is 43.6 Å². The van der Waals surface area contributed by atoms with Gasteiger partial charge < -0.3 is 5.32 Å². The van der Waals surface area contributed by atoms with Gasteiger partial charge in [-0.25, -0.2) is 4.39 Å². The van der Waals surface area contributed by atoms with E-state index >= 15 is 0 Å². The van der Waals surface area contributed by atoms with Gasteiger partial charge in [-0.1, -0.05) is 12.1 Å². The van der Waals surface area contributed by atoms with Gasteiger partial charge in [-0.15, -0.1) is 12.4 Å². The zero-order chi connectivity index (χ0) is 13.0. The molecule has 2 rings (SSSR count). The molecule has 100 valence electrons. The van der Waals surface area contributed by atoms with Crippen molar-refractivity contribution in [3.05, 3.63) is 65.2 Å². The molecule has 0 saturated carbocycles. The Morgan fingerprint density at radius 1 is 1.26 bits per heavy atom. The van der Waals surface area contributed by atoms with Crippen LogP contribution in [0.15, 0.2) is 42.7 Å². The second kappa shape index (κ2) is 6.85. The number of hydrogen-bond donors (Lipinski definition) is 1. The van der Waals surface area contributed by atoms with E-state index in [1.165, 1.54) is 6.07 Å². The second-order valence-electron chi connectivity index (χ2n) is 4.00. The van der Waals surface area contributed by atoms with Crippen molar-refractivity contribution in [2.75, 3.05) is 0 Å². The Balaban J connectivity index is 0.00000180. The van der Waals surface area contributed by atoms with Gasteiger partial charge in [0.25, 0.3) is 5.91 Å². The Labute approximate surface area is 117 Å². The van der Waals surface area contributed by atoms with E-state index in [0.29, 0.717) is 17.7 Å². The number of hydrogen-bond acceptors (Lipinski definition) is 2. The largest absolute Gasteiger partial charge is 0.348 e. The lowest BCUT2D eigenvalue weighted by Gasteiger charge is -2.06. The lowest BCUT2D eigenvalue weighted by molar-refractivity contribution is 0.0951. The first kappa shape index (κ1) is 15.1. The van der Waals surface area contributed by atoms with Gasteiger partial charge in [0.2, 0.25) is 0 Å². The van der Waals surface area contributed by atoms with Crippen molar-refractivity contribution < 1.29 is 9.18 Å². The minimum absolute atomic E-state index is 0. The van der Waals surface area contributed by atoms with Gasteiger partial charge in [-0.05, 0) is 36.2 Å². The van der Waals surface area contributed by atoms with Crippen LogP contribution in [0.1, 0.15) is 21.5 Å². The standard InChI is InChI=1S/C14H13FN2O.ClH/c1-10-8-11(2-3-13(10)15)9-17-14(18)12-4-6-16-7-5-12;/h2-8H,9H2,1H3,(H,17,18);1H. The molecule has 19 heavy (non-hydrogen) atoms. The first-order valence-corrected chi connectivity index (χ1v) is 5.60. The molecule has 3 nitrogen and oxygen atoms in total. The summed E-state index contributed by atoms with van der Waals surface area (Å²) in [6.07, 6.45) is 3.13. The molecule has 0 bridgehead atoms. The molecule has 0 saturated heterocycles. The number of amides is 1. The van der Waals surface area contributed by atoms with Gasteiger partial charge in [0.15, 0.2) is 0 Å². The molecule has 1 N–H and O–H groups in total. The summed E-state index contributed by atoms with van der Waals surface area (Å²) in [6.45, 7) is 2.08. The quantitative estimate of drug-likeness (QED) is 0.939. The fourth-order valence-electron chi connectivity index (χ4n) is 1.60. The topological polar surface area (TPSA) is 42.0 Å². The fraction of sp³-hybridized carbons (Fsp3) is 0.143. The minimum Gasteiger partial charge on any atom is -0.348 e. The Morgan fingerprint density at radius 2 is 1.95 bits per heavy atom.